The normalized spacial score (nSPS) is 20.8. The molecule has 9 nitrogen and oxygen atoms in total. The van der Waals surface area contributed by atoms with Gasteiger partial charge in [0.15, 0.2) is 0 Å². The standard InChI is InChI=1S/C35H46FN3O6S/c1-25-21-39(26(2)24-40)35(41)32-20-30(37-46(42,43)31-16-13-29(36)14-17-31)15-18-33(32)45-27(3)10-8-9-19-44-34(25)23-38(4)22-28-11-6-5-7-12-28/h5-7,11-18,20,25-27,34,37,40H,8-10,19,21-24H2,1-4H3/t25-,26-,27+,34-/m1/s1. The van der Waals surface area contributed by atoms with E-state index in [4.69, 9.17) is 9.47 Å². The van der Waals surface area contributed by atoms with Crippen LogP contribution in [0.15, 0.2) is 77.7 Å². The quantitative estimate of drug-likeness (QED) is 0.311. The zero-order valence-electron chi connectivity index (χ0n) is 27.1. The molecule has 1 amide bonds. The molecule has 0 fully saturated rings. The van der Waals surface area contributed by atoms with Crippen molar-refractivity contribution in [3.05, 3.63) is 89.7 Å². The molecule has 0 aliphatic carbocycles. The number of likely N-dealkylation sites (N-methyl/N-ethyl adjacent to an activating group) is 1. The van der Waals surface area contributed by atoms with E-state index in [-0.39, 0.29) is 40.9 Å². The molecule has 3 aromatic rings. The highest BCUT2D eigenvalue weighted by atomic mass is 32.2. The van der Waals surface area contributed by atoms with Crippen LogP contribution in [0.2, 0.25) is 0 Å². The molecular weight excluding hydrogens is 609 g/mol. The maximum Gasteiger partial charge on any atom is 0.261 e. The minimum absolute atomic E-state index is 0.0948. The fourth-order valence-corrected chi connectivity index (χ4v) is 6.59. The van der Waals surface area contributed by atoms with Gasteiger partial charge in [0.1, 0.15) is 11.6 Å². The summed E-state index contributed by atoms with van der Waals surface area (Å²) < 4.78 is 54.8. The Morgan fingerprint density at radius 3 is 2.48 bits per heavy atom. The van der Waals surface area contributed by atoms with Gasteiger partial charge in [-0.2, -0.15) is 0 Å². The third-order valence-corrected chi connectivity index (χ3v) is 9.61. The Balaban J connectivity index is 1.64. The third-order valence-electron chi connectivity index (χ3n) is 8.21. The molecule has 0 saturated carbocycles. The van der Waals surface area contributed by atoms with E-state index in [0.29, 0.717) is 25.4 Å². The summed E-state index contributed by atoms with van der Waals surface area (Å²) in [4.78, 5) is 18.0. The van der Waals surface area contributed by atoms with E-state index < -0.39 is 27.8 Å². The molecule has 0 bridgehead atoms. The highest BCUT2D eigenvalue weighted by Crippen LogP contribution is 2.29. The molecule has 11 heteroatoms. The van der Waals surface area contributed by atoms with Crippen LogP contribution in [0.3, 0.4) is 0 Å². The van der Waals surface area contributed by atoms with Gasteiger partial charge in [-0.25, -0.2) is 12.8 Å². The van der Waals surface area contributed by atoms with Gasteiger partial charge in [-0.3, -0.25) is 14.4 Å². The first-order valence-corrected chi connectivity index (χ1v) is 17.3. The molecule has 0 spiro atoms. The van der Waals surface area contributed by atoms with Gasteiger partial charge in [-0.05, 0) is 88.2 Å². The Bertz CT molecular complexity index is 1520. The molecule has 1 aliphatic heterocycles. The van der Waals surface area contributed by atoms with Crippen LogP contribution in [0.1, 0.15) is 56.0 Å². The molecule has 250 valence electrons. The molecule has 3 aromatic carbocycles. The zero-order chi connectivity index (χ0) is 33.3. The number of amides is 1. The van der Waals surface area contributed by atoms with Crippen molar-refractivity contribution >= 4 is 21.6 Å². The number of sulfonamides is 1. The van der Waals surface area contributed by atoms with Crippen LogP contribution in [0.5, 0.6) is 5.75 Å². The van der Waals surface area contributed by atoms with E-state index in [1.54, 1.807) is 17.9 Å². The Labute approximate surface area is 272 Å². The number of benzene rings is 3. The van der Waals surface area contributed by atoms with Gasteiger partial charge in [-0.15, -0.1) is 0 Å². The van der Waals surface area contributed by atoms with Gasteiger partial charge in [0, 0.05) is 37.8 Å². The lowest BCUT2D eigenvalue weighted by atomic mass is 10.0. The maximum absolute atomic E-state index is 14.3. The summed E-state index contributed by atoms with van der Waals surface area (Å²) in [5.74, 6) is -0.711. The summed E-state index contributed by atoms with van der Waals surface area (Å²) in [6.45, 7) is 7.77. The summed E-state index contributed by atoms with van der Waals surface area (Å²) in [6.07, 6.45) is 2.06. The number of carbonyl (C=O) groups excluding carboxylic acids is 1. The summed E-state index contributed by atoms with van der Waals surface area (Å²) in [7, 11) is -2.01. The van der Waals surface area contributed by atoms with E-state index in [0.717, 1.165) is 37.9 Å². The number of fused-ring (bicyclic) bond motifs is 1. The molecule has 1 aliphatic rings. The van der Waals surface area contributed by atoms with Crippen molar-refractivity contribution in [2.75, 3.05) is 38.1 Å². The Morgan fingerprint density at radius 2 is 1.78 bits per heavy atom. The monoisotopic (exact) mass is 655 g/mol. The van der Waals surface area contributed by atoms with E-state index in [9.17, 15) is 22.7 Å². The first-order chi connectivity index (χ1) is 22.0. The van der Waals surface area contributed by atoms with E-state index in [1.165, 1.54) is 29.8 Å². The van der Waals surface area contributed by atoms with Gasteiger partial charge in [0.05, 0.1) is 35.3 Å². The van der Waals surface area contributed by atoms with Gasteiger partial charge in [0.2, 0.25) is 0 Å². The van der Waals surface area contributed by atoms with Crippen molar-refractivity contribution in [3.8, 4) is 5.75 Å². The van der Waals surface area contributed by atoms with E-state index >= 15 is 0 Å². The smallest absolute Gasteiger partial charge is 0.261 e. The van der Waals surface area contributed by atoms with Crippen LogP contribution in [0.25, 0.3) is 0 Å². The zero-order valence-corrected chi connectivity index (χ0v) is 27.9. The average molecular weight is 656 g/mol. The Hall–Kier alpha value is -3.51. The lowest BCUT2D eigenvalue weighted by Gasteiger charge is -2.36. The number of aliphatic hydroxyl groups is 1. The first kappa shape index (κ1) is 35.3. The van der Waals surface area contributed by atoms with Crippen LogP contribution in [-0.4, -0.2) is 80.8 Å². The first-order valence-electron chi connectivity index (χ1n) is 15.8. The summed E-state index contributed by atoms with van der Waals surface area (Å²) >= 11 is 0. The fraction of sp³-hybridized carbons (Fsp3) is 0.457. The minimum atomic E-state index is -4.06. The average Bonchev–Trinajstić information content (AvgIpc) is 3.03. The van der Waals surface area contributed by atoms with Crippen molar-refractivity contribution in [1.82, 2.24) is 9.80 Å². The second-order valence-electron chi connectivity index (χ2n) is 12.3. The number of nitrogens with one attached hydrogen (secondary N) is 1. The number of rotatable bonds is 9. The molecule has 0 radical (unpaired) electrons. The molecule has 0 unspecified atom stereocenters. The number of aliphatic hydroxyl groups excluding tert-OH is 1. The van der Waals surface area contributed by atoms with Gasteiger partial charge < -0.3 is 19.5 Å². The van der Waals surface area contributed by atoms with Gasteiger partial charge in [-0.1, -0.05) is 37.3 Å². The molecule has 2 N–H and O–H groups in total. The number of anilines is 1. The fourth-order valence-electron chi connectivity index (χ4n) is 5.54. The topological polar surface area (TPSA) is 108 Å². The number of hydrogen-bond acceptors (Lipinski definition) is 7. The molecule has 4 atom stereocenters. The number of carbonyl (C=O) groups is 1. The van der Waals surface area contributed by atoms with Crippen LogP contribution in [-0.2, 0) is 21.3 Å². The Morgan fingerprint density at radius 1 is 1.07 bits per heavy atom. The second-order valence-corrected chi connectivity index (χ2v) is 13.9. The molecular formula is C35H46FN3O6S. The van der Waals surface area contributed by atoms with Gasteiger partial charge in [0.25, 0.3) is 15.9 Å². The van der Waals surface area contributed by atoms with Crippen LogP contribution in [0.4, 0.5) is 10.1 Å². The Kier molecular flexibility index (Phi) is 12.6. The summed E-state index contributed by atoms with van der Waals surface area (Å²) in [5, 5.41) is 10.2. The summed E-state index contributed by atoms with van der Waals surface area (Å²) in [6, 6.07) is 18.8. The predicted octanol–water partition coefficient (Wildman–Crippen LogP) is 5.55. The van der Waals surface area contributed by atoms with Crippen molar-refractivity contribution in [3.63, 3.8) is 0 Å². The third kappa shape index (κ3) is 9.75. The van der Waals surface area contributed by atoms with Gasteiger partial charge >= 0.3 is 0 Å². The van der Waals surface area contributed by atoms with E-state index in [1.807, 2.05) is 32.0 Å². The van der Waals surface area contributed by atoms with Crippen molar-refractivity contribution in [2.24, 2.45) is 5.92 Å². The number of hydrogen-bond donors (Lipinski definition) is 2. The minimum Gasteiger partial charge on any atom is -0.490 e. The van der Waals surface area contributed by atoms with Crippen molar-refractivity contribution in [2.45, 2.75) is 69.7 Å². The number of nitrogens with zero attached hydrogens (tertiary/aromatic N) is 2. The molecule has 46 heavy (non-hydrogen) atoms. The molecule has 0 aromatic heterocycles. The second kappa shape index (κ2) is 16.4. The maximum atomic E-state index is 14.3. The molecule has 1 heterocycles. The SMILES string of the molecule is C[C@@H]1CN([C@H](C)CO)C(=O)c2cc(NS(=O)(=O)c3ccc(F)cc3)ccc2O[C@@H](C)CCCCO[C@@H]1CN(C)Cc1ccccc1. The lowest BCUT2D eigenvalue weighted by Crippen LogP contribution is -2.47. The van der Waals surface area contributed by atoms with Crippen molar-refractivity contribution < 1.29 is 32.2 Å². The van der Waals surface area contributed by atoms with Crippen LogP contribution >= 0.6 is 0 Å². The van der Waals surface area contributed by atoms with Crippen LogP contribution < -0.4 is 9.46 Å². The molecule has 0 saturated heterocycles. The van der Waals surface area contributed by atoms with E-state index in [2.05, 4.69) is 28.8 Å². The highest BCUT2D eigenvalue weighted by molar-refractivity contribution is 7.92. The number of halogens is 1. The highest BCUT2D eigenvalue weighted by Gasteiger charge is 2.30. The number of ether oxygens (including phenoxy) is 2. The predicted molar refractivity (Wildman–Crippen MR) is 177 cm³/mol. The summed E-state index contributed by atoms with van der Waals surface area (Å²) in [5.41, 5.74) is 1.53. The van der Waals surface area contributed by atoms with Crippen molar-refractivity contribution in [1.29, 1.82) is 0 Å². The largest absolute Gasteiger partial charge is 0.490 e. The lowest BCUT2D eigenvalue weighted by molar-refractivity contribution is -0.0177. The molecule has 4 rings (SSSR count). The van der Waals surface area contributed by atoms with Crippen LogP contribution in [0, 0.1) is 11.7 Å².